The number of nitrogens with zero attached hydrogens (tertiary/aromatic N) is 2. The number of hydrogen-bond acceptors (Lipinski definition) is 4. The average Bonchev–Trinajstić information content (AvgIpc) is 3.26. The van der Waals surface area contributed by atoms with Crippen molar-refractivity contribution in [1.29, 1.82) is 0 Å². The number of aromatic nitrogens is 1. The molecule has 0 radical (unpaired) electrons. The van der Waals surface area contributed by atoms with Crippen LogP contribution in [-0.2, 0) is 4.79 Å². The molecular weight excluding hydrogens is 377 g/mol. The minimum atomic E-state index is -4.95. The van der Waals surface area contributed by atoms with Crippen LogP contribution >= 0.6 is 11.6 Å². The Labute approximate surface area is 151 Å². The molecule has 1 aliphatic carbocycles. The Morgan fingerprint density at radius 3 is 2.62 bits per heavy atom. The van der Waals surface area contributed by atoms with Crippen LogP contribution in [0.1, 0.15) is 29.6 Å². The molecule has 6 nitrogen and oxygen atoms in total. The number of rotatable bonds is 5. The van der Waals surface area contributed by atoms with Crippen LogP contribution in [-0.4, -0.2) is 52.7 Å². The van der Waals surface area contributed by atoms with Gasteiger partial charge in [-0.1, -0.05) is 11.6 Å². The Morgan fingerprint density at radius 2 is 2.12 bits per heavy atom. The van der Waals surface area contributed by atoms with E-state index >= 15 is 0 Å². The number of halogens is 4. The lowest BCUT2D eigenvalue weighted by atomic mass is 9.86. The number of pyridine rings is 1. The zero-order valence-corrected chi connectivity index (χ0v) is 14.3. The number of carboxylic acids is 1. The number of aliphatic carboxylic acids is 1. The summed E-state index contributed by atoms with van der Waals surface area (Å²) < 4.78 is 45.1. The molecule has 142 valence electrons. The number of ether oxygens (including phenoxy) is 1. The highest BCUT2D eigenvalue weighted by Crippen LogP contribution is 2.46. The van der Waals surface area contributed by atoms with Crippen LogP contribution in [0, 0.1) is 11.3 Å². The van der Waals surface area contributed by atoms with E-state index < -0.39 is 36.4 Å². The van der Waals surface area contributed by atoms with Crippen molar-refractivity contribution in [2.24, 2.45) is 11.3 Å². The van der Waals surface area contributed by atoms with Crippen molar-refractivity contribution in [3.63, 3.8) is 0 Å². The lowest BCUT2D eigenvalue weighted by molar-refractivity contribution is -0.227. The molecule has 1 saturated heterocycles. The molecule has 1 aliphatic heterocycles. The Bertz CT molecular complexity index is 739. The van der Waals surface area contributed by atoms with E-state index in [0.717, 1.165) is 17.7 Å². The van der Waals surface area contributed by atoms with Gasteiger partial charge in [0.1, 0.15) is 5.02 Å². The van der Waals surface area contributed by atoms with Crippen LogP contribution in [0.15, 0.2) is 12.3 Å². The van der Waals surface area contributed by atoms with Gasteiger partial charge in [-0.25, -0.2) is 4.98 Å². The molecule has 0 spiro atoms. The maximum absolute atomic E-state index is 13.2. The summed E-state index contributed by atoms with van der Waals surface area (Å²) in [5.41, 5.74) is -2.97. The Hall–Kier alpha value is -2.03. The van der Waals surface area contributed by atoms with Crippen LogP contribution in [0.4, 0.5) is 13.2 Å². The third-order valence-electron chi connectivity index (χ3n) is 4.72. The van der Waals surface area contributed by atoms with Crippen molar-refractivity contribution < 1.29 is 32.6 Å². The molecule has 1 atom stereocenters. The summed E-state index contributed by atoms with van der Waals surface area (Å²) in [5.74, 6) is -2.10. The van der Waals surface area contributed by atoms with Gasteiger partial charge in [-0.15, -0.1) is 0 Å². The minimum absolute atomic E-state index is 0.0165. The van der Waals surface area contributed by atoms with E-state index in [9.17, 15) is 22.8 Å². The average molecular weight is 393 g/mol. The van der Waals surface area contributed by atoms with Gasteiger partial charge < -0.3 is 14.7 Å². The van der Waals surface area contributed by atoms with Crippen LogP contribution in [0.2, 0.25) is 5.02 Å². The first-order chi connectivity index (χ1) is 12.1. The summed E-state index contributed by atoms with van der Waals surface area (Å²) in [6, 6.07) is 1.27. The van der Waals surface area contributed by atoms with Gasteiger partial charge in [-0.2, -0.15) is 13.2 Å². The van der Waals surface area contributed by atoms with Crippen molar-refractivity contribution in [3.05, 3.63) is 22.8 Å². The van der Waals surface area contributed by atoms with Gasteiger partial charge in [0.05, 0.1) is 12.2 Å². The molecule has 2 heterocycles. The summed E-state index contributed by atoms with van der Waals surface area (Å²) in [6.07, 6.45) is -2.32. The Morgan fingerprint density at radius 1 is 1.42 bits per heavy atom. The summed E-state index contributed by atoms with van der Waals surface area (Å²) >= 11 is 6.03. The number of carboxylic acid groups (broad SMARTS) is 1. The van der Waals surface area contributed by atoms with E-state index in [2.05, 4.69) is 4.98 Å². The molecule has 1 aromatic heterocycles. The van der Waals surface area contributed by atoms with Gasteiger partial charge in [0.25, 0.3) is 5.91 Å². The number of alkyl halides is 3. The van der Waals surface area contributed by atoms with Crippen molar-refractivity contribution in [1.82, 2.24) is 9.88 Å². The van der Waals surface area contributed by atoms with Crippen molar-refractivity contribution >= 4 is 23.5 Å². The molecule has 10 heteroatoms. The molecule has 2 aliphatic rings. The molecule has 1 unspecified atom stereocenters. The molecule has 3 rings (SSSR count). The fraction of sp³-hybridized carbons (Fsp3) is 0.562. The standard InChI is InChI=1S/C16H16ClF3N2O4/c17-11-5-10(6-21-12(11)26-7-9-1-2-9)13(23)22-4-3-15(8-22,14(24)25)16(18,19)20/h5-6,9H,1-4,7-8H2,(H,24,25). The van der Waals surface area contributed by atoms with E-state index in [-0.39, 0.29) is 23.0 Å². The third kappa shape index (κ3) is 3.44. The topological polar surface area (TPSA) is 79.7 Å². The van der Waals surface area contributed by atoms with E-state index in [4.69, 9.17) is 21.4 Å². The van der Waals surface area contributed by atoms with Gasteiger partial charge >= 0.3 is 12.1 Å². The Balaban J connectivity index is 1.73. The largest absolute Gasteiger partial charge is 0.481 e. The SMILES string of the molecule is O=C(c1cnc(OCC2CC2)c(Cl)c1)N1CCC(C(=O)O)(C(F)(F)F)C1. The van der Waals surface area contributed by atoms with E-state index in [1.54, 1.807) is 0 Å². The molecule has 1 N–H and O–H groups in total. The number of carbonyl (C=O) groups excluding carboxylic acids is 1. The summed E-state index contributed by atoms with van der Waals surface area (Å²) in [7, 11) is 0. The van der Waals surface area contributed by atoms with Crippen molar-refractivity contribution in [2.45, 2.75) is 25.4 Å². The van der Waals surface area contributed by atoms with E-state index in [0.29, 0.717) is 12.5 Å². The number of carbonyl (C=O) groups is 2. The molecule has 26 heavy (non-hydrogen) atoms. The summed E-state index contributed by atoms with van der Waals surface area (Å²) in [6.45, 7) is -0.788. The highest BCUT2D eigenvalue weighted by Gasteiger charge is 2.64. The second kappa shape index (κ2) is 6.61. The predicted molar refractivity (Wildman–Crippen MR) is 84.1 cm³/mol. The quantitative estimate of drug-likeness (QED) is 0.833. The first-order valence-electron chi connectivity index (χ1n) is 8.02. The van der Waals surface area contributed by atoms with Crippen LogP contribution in [0.3, 0.4) is 0 Å². The summed E-state index contributed by atoms with van der Waals surface area (Å²) in [5, 5.41) is 9.13. The van der Waals surface area contributed by atoms with Gasteiger partial charge in [0, 0.05) is 19.3 Å². The van der Waals surface area contributed by atoms with Crippen molar-refractivity contribution in [3.8, 4) is 5.88 Å². The monoisotopic (exact) mass is 392 g/mol. The van der Waals surface area contributed by atoms with E-state index in [1.807, 2.05) is 0 Å². The highest BCUT2D eigenvalue weighted by molar-refractivity contribution is 6.32. The second-order valence-electron chi connectivity index (χ2n) is 6.63. The second-order valence-corrected chi connectivity index (χ2v) is 7.03. The maximum atomic E-state index is 13.2. The van der Waals surface area contributed by atoms with Gasteiger partial charge in [-0.3, -0.25) is 9.59 Å². The molecule has 1 saturated carbocycles. The fourth-order valence-corrected chi connectivity index (χ4v) is 3.04. The lowest BCUT2D eigenvalue weighted by Crippen LogP contribution is -2.47. The molecule has 0 bridgehead atoms. The van der Waals surface area contributed by atoms with Crippen LogP contribution in [0.5, 0.6) is 5.88 Å². The molecule has 0 aromatic carbocycles. The Kier molecular flexibility index (Phi) is 4.76. The number of likely N-dealkylation sites (tertiary alicyclic amines) is 1. The zero-order chi connectivity index (χ0) is 19.1. The van der Waals surface area contributed by atoms with Crippen molar-refractivity contribution in [2.75, 3.05) is 19.7 Å². The van der Waals surface area contributed by atoms with Gasteiger partial charge in [0.15, 0.2) is 5.41 Å². The fourth-order valence-electron chi connectivity index (χ4n) is 2.82. The van der Waals surface area contributed by atoms with Gasteiger partial charge in [-0.05, 0) is 31.2 Å². The molecule has 1 aromatic rings. The first kappa shape index (κ1) is 18.8. The molecular formula is C16H16ClF3N2O4. The summed E-state index contributed by atoms with van der Waals surface area (Å²) in [4.78, 5) is 28.5. The predicted octanol–water partition coefficient (Wildman–Crippen LogP) is 3.00. The lowest BCUT2D eigenvalue weighted by Gasteiger charge is -2.27. The molecule has 1 amide bonds. The third-order valence-corrected chi connectivity index (χ3v) is 4.99. The van der Waals surface area contributed by atoms with Gasteiger partial charge in [0.2, 0.25) is 5.88 Å². The highest BCUT2D eigenvalue weighted by atomic mass is 35.5. The smallest absolute Gasteiger partial charge is 0.406 e. The van der Waals surface area contributed by atoms with E-state index in [1.165, 1.54) is 12.3 Å². The zero-order valence-electron chi connectivity index (χ0n) is 13.6. The number of amides is 1. The first-order valence-corrected chi connectivity index (χ1v) is 8.39. The van der Waals surface area contributed by atoms with Crippen LogP contribution < -0.4 is 4.74 Å². The maximum Gasteiger partial charge on any atom is 0.406 e. The normalized spacial score (nSPS) is 23.2. The van der Waals surface area contributed by atoms with Crippen LogP contribution in [0.25, 0.3) is 0 Å². The minimum Gasteiger partial charge on any atom is -0.481 e. The molecule has 2 fully saturated rings. The number of hydrogen-bond donors (Lipinski definition) is 1.